The van der Waals surface area contributed by atoms with Gasteiger partial charge in [-0.3, -0.25) is 0 Å². The topological polar surface area (TPSA) is 25.2 Å². The first-order valence-electron chi connectivity index (χ1n) is 6.38. The molecule has 1 atom stereocenters. The van der Waals surface area contributed by atoms with Crippen molar-refractivity contribution in [2.75, 3.05) is 5.32 Å². The van der Waals surface area contributed by atoms with Crippen LogP contribution in [0.1, 0.15) is 41.2 Å². The number of anilines is 1. The molecule has 1 heterocycles. The summed E-state index contributed by atoms with van der Waals surface area (Å²) < 4.78 is 5.59. The molecule has 0 fully saturated rings. The van der Waals surface area contributed by atoms with Gasteiger partial charge in [0.1, 0.15) is 11.5 Å². The van der Waals surface area contributed by atoms with Crippen molar-refractivity contribution in [1.82, 2.24) is 0 Å². The van der Waals surface area contributed by atoms with Gasteiger partial charge in [0.2, 0.25) is 0 Å². The molecule has 0 aliphatic heterocycles. The van der Waals surface area contributed by atoms with Gasteiger partial charge in [-0.2, -0.15) is 0 Å². The molecule has 2 aromatic rings. The molecule has 0 spiro atoms. The van der Waals surface area contributed by atoms with Gasteiger partial charge in [0.25, 0.3) is 0 Å². The maximum atomic E-state index is 5.59. The summed E-state index contributed by atoms with van der Waals surface area (Å²) >= 11 is 0. The minimum atomic E-state index is 0.253. The molecule has 0 aliphatic rings. The summed E-state index contributed by atoms with van der Waals surface area (Å²) in [7, 11) is 0. The van der Waals surface area contributed by atoms with Gasteiger partial charge in [-0.25, -0.2) is 0 Å². The normalized spacial score (nSPS) is 12.5. The summed E-state index contributed by atoms with van der Waals surface area (Å²) in [6.45, 7) is 10.4. The van der Waals surface area contributed by atoms with E-state index in [0.717, 1.165) is 11.5 Å². The van der Waals surface area contributed by atoms with Crippen molar-refractivity contribution in [3.8, 4) is 0 Å². The average Bonchev–Trinajstić information content (AvgIpc) is 2.63. The summed E-state index contributed by atoms with van der Waals surface area (Å²) in [6, 6.07) is 8.84. The number of aryl methyl sites for hydroxylation is 4. The molecule has 0 amide bonds. The van der Waals surface area contributed by atoms with E-state index in [1.807, 2.05) is 13.8 Å². The van der Waals surface area contributed by atoms with Crippen molar-refractivity contribution < 1.29 is 4.42 Å². The number of rotatable bonds is 3. The fraction of sp³-hybridized carbons (Fsp3) is 0.375. The van der Waals surface area contributed by atoms with E-state index in [1.54, 1.807) is 0 Å². The maximum Gasteiger partial charge on any atom is 0.106 e. The summed E-state index contributed by atoms with van der Waals surface area (Å²) in [5.41, 5.74) is 4.97. The Balaban J connectivity index is 2.23. The van der Waals surface area contributed by atoms with Gasteiger partial charge >= 0.3 is 0 Å². The zero-order chi connectivity index (χ0) is 13.3. The van der Waals surface area contributed by atoms with E-state index in [2.05, 4.69) is 50.4 Å². The predicted octanol–water partition coefficient (Wildman–Crippen LogP) is 4.69. The highest BCUT2D eigenvalue weighted by Gasteiger charge is 2.13. The van der Waals surface area contributed by atoms with E-state index < -0.39 is 0 Å². The third kappa shape index (κ3) is 2.58. The van der Waals surface area contributed by atoms with Crippen LogP contribution in [0.5, 0.6) is 0 Å². The third-order valence-corrected chi connectivity index (χ3v) is 3.31. The van der Waals surface area contributed by atoms with Crippen LogP contribution < -0.4 is 5.32 Å². The minimum Gasteiger partial charge on any atom is -0.466 e. The minimum absolute atomic E-state index is 0.253. The van der Waals surface area contributed by atoms with Gasteiger partial charge in [0.05, 0.1) is 6.04 Å². The Kier molecular flexibility index (Phi) is 3.46. The standard InChI is InChI=1S/C16H21NO/c1-10-6-7-11(2)16(8-10)17-13(4)15-9-12(3)18-14(15)5/h6-9,13,17H,1-5H3. The van der Waals surface area contributed by atoms with Gasteiger partial charge in [0, 0.05) is 11.3 Å². The van der Waals surface area contributed by atoms with Crippen LogP contribution in [0, 0.1) is 27.7 Å². The molecule has 18 heavy (non-hydrogen) atoms. The molecule has 1 aromatic carbocycles. The Morgan fingerprint density at radius 2 is 1.78 bits per heavy atom. The Morgan fingerprint density at radius 3 is 2.39 bits per heavy atom. The van der Waals surface area contributed by atoms with Crippen LogP contribution in [-0.4, -0.2) is 0 Å². The number of furan rings is 1. The first-order valence-corrected chi connectivity index (χ1v) is 6.38. The van der Waals surface area contributed by atoms with Gasteiger partial charge in [-0.15, -0.1) is 0 Å². The lowest BCUT2D eigenvalue weighted by Gasteiger charge is -2.17. The van der Waals surface area contributed by atoms with Crippen LogP contribution in [-0.2, 0) is 0 Å². The van der Waals surface area contributed by atoms with Gasteiger partial charge < -0.3 is 9.73 Å². The van der Waals surface area contributed by atoms with Crippen molar-refractivity contribution in [2.45, 2.75) is 40.7 Å². The molecule has 2 rings (SSSR count). The number of hydrogen-bond acceptors (Lipinski definition) is 2. The summed E-state index contributed by atoms with van der Waals surface area (Å²) in [5.74, 6) is 1.97. The first-order chi connectivity index (χ1) is 8.47. The van der Waals surface area contributed by atoms with Crippen LogP contribution in [0.25, 0.3) is 0 Å². The van der Waals surface area contributed by atoms with Crippen LogP contribution >= 0.6 is 0 Å². The lowest BCUT2D eigenvalue weighted by Crippen LogP contribution is -2.08. The molecule has 2 nitrogen and oxygen atoms in total. The first kappa shape index (κ1) is 12.7. The molecule has 0 bridgehead atoms. The van der Waals surface area contributed by atoms with Crippen molar-refractivity contribution >= 4 is 5.69 Å². The second-order valence-electron chi connectivity index (χ2n) is 5.05. The molecule has 1 unspecified atom stereocenters. The Morgan fingerprint density at radius 1 is 1.06 bits per heavy atom. The lowest BCUT2D eigenvalue weighted by molar-refractivity contribution is 0.500. The molecule has 0 aliphatic carbocycles. The molecule has 0 saturated carbocycles. The Hall–Kier alpha value is -1.70. The van der Waals surface area contributed by atoms with E-state index in [9.17, 15) is 0 Å². The van der Waals surface area contributed by atoms with Crippen LogP contribution in [0.15, 0.2) is 28.7 Å². The van der Waals surface area contributed by atoms with E-state index in [4.69, 9.17) is 4.42 Å². The highest BCUT2D eigenvalue weighted by Crippen LogP contribution is 2.26. The van der Waals surface area contributed by atoms with Gasteiger partial charge in [0.15, 0.2) is 0 Å². The van der Waals surface area contributed by atoms with Crippen molar-refractivity contribution in [1.29, 1.82) is 0 Å². The van der Waals surface area contributed by atoms with E-state index in [-0.39, 0.29) is 6.04 Å². The highest BCUT2D eigenvalue weighted by molar-refractivity contribution is 5.54. The van der Waals surface area contributed by atoms with Crippen molar-refractivity contribution in [3.05, 3.63) is 52.5 Å². The molecule has 1 N–H and O–H groups in total. The number of hydrogen-bond donors (Lipinski definition) is 1. The molecular weight excluding hydrogens is 222 g/mol. The predicted molar refractivity (Wildman–Crippen MR) is 76.1 cm³/mol. The third-order valence-electron chi connectivity index (χ3n) is 3.31. The van der Waals surface area contributed by atoms with Crippen LogP contribution in [0.2, 0.25) is 0 Å². The second kappa shape index (κ2) is 4.89. The molecule has 0 radical (unpaired) electrons. The van der Waals surface area contributed by atoms with Crippen molar-refractivity contribution in [2.24, 2.45) is 0 Å². The summed E-state index contributed by atoms with van der Waals surface area (Å²) in [6.07, 6.45) is 0. The molecule has 1 aromatic heterocycles. The highest BCUT2D eigenvalue weighted by atomic mass is 16.3. The lowest BCUT2D eigenvalue weighted by atomic mass is 10.1. The van der Waals surface area contributed by atoms with Gasteiger partial charge in [-0.1, -0.05) is 12.1 Å². The Labute approximate surface area is 109 Å². The Bertz CT molecular complexity index is 554. The van der Waals surface area contributed by atoms with E-state index in [1.165, 1.54) is 22.4 Å². The number of nitrogens with one attached hydrogen (secondary N) is 1. The fourth-order valence-corrected chi connectivity index (χ4v) is 2.28. The van der Waals surface area contributed by atoms with Gasteiger partial charge in [-0.05, 0) is 57.9 Å². The number of benzene rings is 1. The zero-order valence-corrected chi connectivity index (χ0v) is 11.8. The van der Waals surface area contributed by atoms with Crippen molar-refractivity contribution in [3.63, 3.8) is 0 Å². The molecule has 2 heteroatoms. The summed E-state index contributed by atoms with van der Waals surface area (Å²) in [5, 5.41) is 3.56. The van der Waals surface area contributed by atoms with E-state index >= 15 is 0 Å². The maximum absolute atomic E-state index is 5.59. The molecular formula is C16H21NO. The summed E-state index contributed by atoms with van der Waals surface area (Å²) in [4.78, 5) is 0. The molecule has 0 saturated heterocycles. The second-order valence-corrected chi connectivity index (χ2v) is 5.05. The van der Waals surface area contributed by atoms with Crippen LogP contribution in [0.3, 0.4) is 0 Å². The smallest absolute Gasteiger partial charge is 0.106 e. The average molecular weight is 243 g/mol. The zero-order valence-electron chi connectivity index (χ0n) is 11.8. The quantitative estimate of drug-likeness (QED) is 0.846. The van der Waals surface area contributed by atoms with Crippen LogP contribution in [0.4, 0.5) is 5.69 Å². The fourth-order valence-electron chi connectivity index (χ4n) is 2.28. The molecule has 96 valence electrons. The van der Waals surface area contributed by atoms with E-state index in [0.29, 0.717) is 0 Å². The largest absolute Gasteiger partial charge is 0.466 e. The SMILES string of the molecule is Cc1ccc(C)c(NC(C)c2cc(C)oc2C)c1. The monoisotopic (exact) mass is 243 g/mol.